The third-order valence-corrected chi connectivity index (χ3v) is 5.88. The number of rotatable bonds is 11. The van der Waals surface area contributed by atoms with Crippen molar-refractivity contribution in [3.05, 3.63) is 59.7 Å². The summed E-state index contributed by atoms with van der Waals surface area (Å²) in [6.45, 7) is 3.69. The summed E-state index contributed by atoms with van der Waals surface area (Å²) < 4.78 is 6.19. The molecule has 7 N–H and O–H groups in total. The minimum atomic E-state index is -0.292. The van der Waals surface area contributed by atoms with Gasteiger partial charge in [-0.05, 0) is 49.4 Å². The fourth-order valence-electron chi connectivity index (χ4n) is 4.10. The van der Waals surface area contributed by atoms with Gasteiger partial charge < -0.3 is 21.5 Å². The molecule has 1 saturated heterocycles. The molecule has 1 amide bonds. The van der Waals surface area contributed by atoms with Gasteiger partial charge in [0.2, 0.25) is 5.91 Å². The molecule has 1 heterocycles. The minimum absolute atomic E-state index is 0.00234. The van der Waals surface area contributed by atoms with Crippen molar-refractivity contribution in [1.82, 2.24) is 4.90 Å². The van der Waals surface area contributed by atoms with Crippen LogP contribution >= 0.6 is 0 Å². The van der Waals surface area contributed by atoms with Crippen LogP contribution in [-0.4, -0.2) is 47.7 Å². The van der Waals surface area contributed by atoms with Crippen molar-refractivity contribution in [3.63, 3.8) is 0 Å². The third kappa shape index (κ3) is 6.79. The van der Waals surface area contributed by atoms with Crippen LogP contribution in [0.2, 0.25) is 0 Å². The molecule has 2 aromatic carbocycles. The second-order valence-corrected chi connectivity index (χ2v) is 8.47. The van der Waals surface area contributed by atoms with Crippen LogP contribution in [0.3, 0.4) is 0 Å². The first-order valence-corrected chi connectivity index (χ1v) is 11.5. The molecular weight excluding hydrogens is 416 g/mol. The molecule has 0 spiro atoms. The second kappa shape index (κ2) is 11.5. The molecule has 1 fully saturated rings. The largest absolute Gasteiger partial charge is 0.489 e. The highest BCUT2D eigenvalue weighted by atomic mass is 16.5. The zero-order valence-electron chi connectivity index (χ0n) is 19.1. The van der Waals surface area contributed by atoms with Crippen molar-refractivity contribution < 1.29 is 9.53 Å². The molecule has 8 heteroatoms. The molecule has 0 saturated carbocycles. The Labute approximate surface area is 195 Å². The number of carbonyl (C=O) groups is 1. The van der Waals surface area contributed by atoms with Crippen LogP contribution in [0.4, 0.5) is 5.69 Å². The molecule has 8 nitrogen and oxygen atoms in total. The van der Waals surface area contributed by atoms with E-state index in [9.17, 15) is 4.79 Å². The predicted molar refractivity (Wildman–Crippen MR) is 132 cm³/mol. The van der Waals surface area contributed by atoms with Crippen LogP contribution < -0.4 is 21.5 Å². The minimum Gasteiger partial charge on any atom is -0.489 e. The zero-order valence-corrected chi connectivity index (χ0v) is 19.1. The van der Waals surface area contributed by atoms with E-state index in [-0.39, 0.29) is 29.7 Å². The maximum atomic E-state index is 13.2. The number of amides is 1. The summed E-state index contributed by atoms with van der Waals surface area (Å²) in [4.78, 5) is 15.4. The molecular formula is C25H34N6O2. The van der Waals surface area contributed by atoms with Gasteiger partial charge in [0.25, 0.3) is 0 Å². The first-order chi connectivity index (χ1) is 15.9. The number of unbranched alkanes of at least 4 members (excludes halogenated alkanes) is 3. The Kier molecular flexibility index (Phi) is 8.43. The van der Waals surface area contributed by atoms with Gasteiger partial charge in [0.1, 0.15) is 23.5 Å². The molecule has 176 valence electrons. The SMILES string of the molecule is CCCCCCN1C[C@H](Oc2cccc(C(=N)N)c2)C[C@H]1C(=O)Nc1ccc(C(=N)N)cc1. The number of nitrogens with zero attached hydrogens (tertiary/aromatic N) is 1. The van der Waals surface area contributed by atoms with Gasteiger partial charge in [-0.25, -0.2) is 0 Å². The fourth-order valence-corrected chi connectivity index (χ4v) is 4.10. The Morgan fingerprint density at radius 1 is 1.06 bits per heavy atom. The average Bonchev–Trinajstić information content (AvgIpc) is 3.20. The van der Waals surface area contributed by atoms with Crippen molar-refractivity contribution in [2.24, 2.45) is 11.5 Å². The number of nitrogens with two attached hydrogens (primary N) is 2. The van der Waals surface area contributed by atoms with Gasteiger partial charge in [0, 0.05) is 29.8 Å². The normalized spacial score (nSPS) is 18.1. The summed E-state index contributed by atoms with van der Waals surface area (Å²) in [5, 5.41) is 18.1. The summed E-state index contributed by atoms with van der Waals surface area (Å²) in [6, 6.07) is 13.9. The van der Waals surface area contributed by atoms with Crippen molar-refractivity contribution in [2.75, 3.05) is 18.4 Å². The summed E-state index contributed by atoms with van der Waals surface area (Å²) in [7, 11) is 0. The van der Waals surface area contributed by atoms with Gasteiger partial charge >= 0.3 is 0 Å². The van der Waals surface area contributed by atoms with E-state index in [4.69, 9.17) is 27.0 Å². The molecule has 0 radical (unpaired) electrons. The quantitative estimate of drug-likeness (QED) is 0.203. The molecule has 0 aliphatic carbocycles. The van der Waals surface area contributed by atoms with Crippen molar-refractivity contribution in [1.29, 1.82) is 10.8 Å². The van der Waals surface area contributed by atoms with Crippen LogP contribution in [0.5, 0.6) is 5.75 Å². The van der Waals surface area contributed by atoms with Gasteiger partial charge in [0.15, 0.2) is 0 Å². The van der Waals surface area contributed by atoms with E-state index in [2.05, 4.69) is 17.1 Å². The molecule has 1 aliphatic heterocycles. The van der Waals surface area contributed by atoms with E-state index in [0.29, 0.717) is 35.5 Å². The van der Waals surface area contributed by atoms with Gasteiger partial charge in [-0.3, -0.25) is 20.5 Å². The van der Waals surface area contributed by atoms with Crippen molar-refractivity contribution >= 4 is 23.3 Å². The Balaban J connectivity index is 1.68. The lowest BCUT2D eigenvalue weighted by molar-refractivity contribution is -0.120. The molecule has 1 aliphatic rings. The first kappa shape index (κ1) is 24.3. The number of amidine groups is 2. The number of hydrogen-bond acceptors (Lipinski definition) is 5. The van der Waals surface area contributed by atoms with E-state index in [1.165, 1.54) is 12.8 Å². The number of nitrogens with one attached hydrogen (secondary N) is 3. The number of anilines is 1. The molecule has 0 bridgehead atoms. The molecule has 2 aromatic rings. The highest BCUT2D eigenvalue weighted by molar-refractivity contribution is 5.97. The molecule has 2 atom stereocenters. The van der Waals surface area contributed by atoms with E-state index in [0.717, 1.165) is 19.4 Å². The standard InChI is InChI=1S/C25H34N6O2/c1-2-3-4-5-13-31-16-21(33-20-8-6-7-18(14-20)24(28)29)15-22(31)25(32)30-19-11-9-17(10-12-19)23(26)27/h6-12,14,21-22H,2-5,13,15-16H2,1H3,(H3,26,27)(H3,28,29)(H,30,32)/t21-,22+/m1/s1. The number of likely N-dealkylation sites (tertiary alicyclic amines) is 1. The van der Waals surface area contributed by atoms with E-state index >= 15 is 0 Å². The average molecular weight is 451 g/mol. The summed E-state index contributed by atoms with van der Waals surface area (Å²) in [6.07, 6.45) is 4.98. The van der Waals surface area contributed by atoms with Gasteiger partial charge in [-0.15, -0.1) is 0 Å². The molecule has 33 heavy (non-hydrogen) atoms. The van der Waals surface area contributed by atoms with Crippen LogP contribution in [0.15, 0.2) is 48.5 Å². The number of benzene rings is 2. The summed E-state index contributed by atoms with van der Waals surface area (Å²) in [5.41, 5.74) is 13.0. The van der Waals surface area contributed by atoms with Crippen LogP contribution in [0, 0.1) is 10.8 Å². The lowest BCUT2D eigenvalue weighted by Gasteiger charge is -2.23. The topological polar surface area (TPSA) is 141 Å². The van der Waals surface area contributed by atoms with Crippen molar-refractivity contribution in [2.45, 2.75) is 51.2 Å². The first-order valence-electron chi connectivity index (χ1n) is 11.5. The van der Waals surface area contributed by atoms with E-state index in [1.54, 1.807) is 36.4 Å². The highest BCUT2D eigenvalue weighted by Gasteiger charge is 2.37. The Morgan fingerprint density at radius 2 is 1.79 bits per heavy atom. The van der Waals surface area contributed by atoms with Gasteiger partial charge in [-0.2, -0.15) is 0 Å². The zero-order chi connectivity index (χ0) is 23.8. The number of carbonyl (C=O) groups excluding carboxylic acids is 1. The van der Waals surface area contributed by atoms with Gasteiger partial charge in [0.05, 0.1) is 6.04 Å². The predicted octanol–water partition coefficient (Wildman–Crippen LogP) is 3.30. The van der Waals surface area contributed by atoms with Gasteiger partial charge in [-0.1, -0.05) is 38.3 Å². The van der Waals surface area contributed by atoms with Crippen LogP contribution in [0.25, 0.3) is 0 Å². The molecule has 3 rings (SSSR count). The van der Waals surface area contributed by atoms with Crippen molar-refractivity contribution in [3.8, 4) is 5.75 Å². The molecule has 0 aromatic heterocycles. The maximum absolute atomic E-state index is 13.2. The lowest BCUT2D eigenvalue weighted by atomic mass is 10.1. The lowest BCUT2D eigenvalue weighted by Crippen LogP contribution is -2.40. The number of ether oxygens (including phenoxy) is 1. The fraction of sp³-hybridized carbons (Fsp3) is 0.400. The molecule has 0 unspecified atom stereocenters. The monoisotopic (exact) mass is 450 g/mol. The Hall–Kier alpha value is -3.39. The summed E-state index contributed by atoms with van der Waals surface area (Å²) >= 11 is 0. The number of hydrogen-bond donors (Lipinski definition) is 5. The Bertz CT molecular complexity index is 975. The van der Waals surface area contributed by atoms with E-state index < -0.39 is 0 Å². The van der Waals surface area contributed by atoms with E-state index in [1.807, 2.05) is 12.1 Å². The highest BCUT2D eigenvalue weighted by Crippen LogP contribution is 2.25. The van der Waals surface area contributed by atoms with Crippen LogP contribution in [-0.2, 0) is 4.79 Å². The smallest absolute Gasteiger partial charge is 0.241 e. The Morgan fingerprint density at radius 3 is 2.45 bits per heavy atom. The second-order valence-electron chi connectivity index (χ2n) is 8.47. The number of nitrogen functional groups attached to an aromatic ring is 2. The van der Waals surface area contributed by atoms with Crippen LogP contribution in [0.1, 0.15) is 50.2 Å². The third-order valence-electron chi connectivity index (χ3n) is 5.88. The maximum Gasteiger partial charge on any atom is 0.241 e. The summed E-state index contributed by atoms with van der Waals surface area (Å²) in [5.74, 6) is 0.581.